The zero-order valence-corrected chi connectivity index (χ0v) is 12.3. The van der Waals surface area contributed by atoms with Crippen LogP contribution in [0.15, 0.2) is 41.3 Å². The molecular formula is C16H22N2O2. The molecule has 0 amide bonds. The van der Waals surface area contributed by atoms with Crippen molar-refractivity contribution in [3.05, 3.63) is 48.2 Å². The highest BCUT2D eigenvalue weighted by Crippen LogP contribution is 2.22. The van der Waals surface area contributed by atoms with E-state index in [1.807, 2.05) is 39.2 Å². The Kier molecular flexibility index (Phi) is 5.18. The van der Waals surface area contributed by atoms with Gasteiger partial charge in [0.1, 0.15) is 11.5 Å². The average molecular weight is 274 g/mol. The van der Waals surface area contributed by atoms with E-state index in [2.05, 4.69) is 16.4 Å². The molecule has 1 atom stereocenters. The summed E-state index contributed by atoms with van der Waals surface area (Å²) in [7, 11) is 1.96. The van der Waals surface area contributed by atoms with E-state index in [1.165, 1.54) is 0 Å². The topological polar surface area (TPSA) is 47.3 Å². The summed E-state index contributed by atoms with van der Waals surface area (Å²) in [6.45, 7) is 4.03. The second-order valence-electron chi connectivity index (χ2n) is 5.08. The second kappa shape index (κ2) is 7.10. The van der Waals surface area contributed by atoms with Crippen LogP contribution in [0.25, 0.3) is 0 Å². The molecule has 4 heteroatoms. The van der Waals surface area contributed by atoms with Gasteiger partial charge in [-0.05, 0) is 51.1 Å². The second-order valence-corrected chi connectivity index (χ2v) is 5.08. The first-order valence-corrected chi connectivity index (χ1v) is 7.00. The van der Waals surface area contributed by atoms with E-state index in [4.69, 9.17) is 9.15 Å². The van der Waals surface area contributed by atoms with Crippen molar-refractivity contribution in [2.75, 3.05) is 7.05 Å². The Bertz CT molecular complexity index is 509. The molecule has 0 aromatic carbocycles. The molecule has 0 spiro atoms. The van der Waals surface area contributed by atoms with E-state index >= 15 is 0 Å². The maximum atomic E-state index is 5.69. The lowest BCUT2D eigenvalue weighted by Crippen LogP contribution is -2.17. The Morgan fingerprint density at radius 2 is 2.20 bits per heavy atom. The van der Waals surface area contributed by atoms with Crippen LogP contribution in [-0.4, -0.2) is 18.1 Å². The van der Waals surface area contributed by atoms with Crippen molar-refractivity contribution < 1.29 is 9.15 Å². The SMILES string of the molecule is CNC(CCc1ccco1)c1cncc(OC(C)C)c1. The zero-order chi connectivity index (χ0) is 14.4. The predicted molar refractivity (Wildman–Crippen MR) is 78.8 cm³/mol. The van der Waals surface area contributed by atoms with E-state index in [-0.39, 0.29) is 12.1 Å². The lowest BCUT2D eigenvalue weighted by atomic mass is 10.0. The van der Waals surface area contributed by atoms with E-state index in [0.717, 1.165) is 29.9 Å². The van der Waals surface area contributed by atoms with Crippen LogP contribution in [-0.2, 0) is 6.42 Å². The number of hydrogen-bond donors (Lipinski definition) is 1. The molecule has 4 nitrogen and oxygen atoms in total. The van der Waals surface area contributed by atoms with E-state index in [1.54, 1.807) is 12.5 Å². The van der Waals surface area contributed by atoms with Gasteiger partial charge in [0.25, 0.3) is 0 Å². The van der Waals surface area contributed by atoms with Gasteiger partial charge in [-0.1, -0.05) is 0 Å². The van der Waals surface area contributed by atoms with Gasteiger partial charge in [0, 0.05) is 18.7 Å². The van der Waals surface area contributed by atoms with E-state index in [0.29, 0.717) is 0 Å². The predicted octanol–water partition coefficient (Wildman–Crippen LogP) is 3.36. The summed E-state index contributed by atoms with van der Waals surface area (Å²) in [5, 5.41) is 3.32. The summed E-state index contributed by atoms with van der Waals surface area (Å²) in [5.41, 5.74) is 1.14. The smallest absolute Gasteiger partial charge is 0.138 e. The van der Waals surface area contributed by atoms with Crippen molar-refractivity contribution in [2.45, 2.75) is 38.8 Å². The van der Waals surface area contributed by atoms with Crippen LogP contribution in [0.3, 0.4) is 0 Å². The number of furan rings is 1. The lowest BCUT2D eigenvalue weighted by molar-refractivity contribution is 0.241. The Morgan fingerprint density at radius 1 is 1.35 bits per heavy atom. The highest BCUT2D eigenvalue weighted by molar-refractivity contribution is 5.26. The van der Waals surface area contributed by atoms with Crippen LogP contribution in [0.5, 0.6) is 5.75 Å². The highest BCUT2D eigenvalue weighted by Gasteiger charge is 2.12. The number of hydrogen-bond acceptors (Lipinski definition) is 4. The molecule has 108 valence electrons. The van der Waals surface area contributed by atoms with Crippen molar-refractivity contribution in [3.8, 4) is 5.75 Å². The van der Waals surface area contributed by atoms with Gasteiger partial charge in [-0.15, -0.1) is 0 Å². The minimum Gasteiger partial charge on any atom is -0.489 e. The molecule has 2 aromatic rings. The third-order valence-electron chi connectivity index (χ3n) is 3.12. The minimum absolute atomic E-state index is 0.156. The number of rotatable bonds is 7. The molecule has 0 aliphatic heterocycles. The molecule has 2 aromatic heterocycles. The number of pyridine rings is 1. The first kappa shape index (κ1) is 14.6. The number of nitrogens with zero attached hydrogens (tertiary/aromatic N) is 1. The molecular weight excluding hydrogens is 252 g/mol. The maximum Gasteiger partial charge on any atom is 0.138 e. The summed E-state index contributed by atoms with van der Waals surface area (Å²) < 4.78 is 11.1. The van der Waals surface area contributed by atoms with Crippen molar-refractivity contribution in [1.29, 1.82) is 0 Å². The molecule has 0 fully saturated rings. The summed E-state index contributed by atoms with van der Waals surface area (Å²) in [6.07, 6.45) is 7.36. The summed E-state index contributed by atoms with van der Waals surface area (Å²) >= 11 is 0. The third kappa shape index (κ3) is 4.10. The monoisotopic (exact) mass is 274 g/mol. The van der Waals surface area contributed by atoms with Gasteiger partial charge in [0.15, 0.2) is 0 Å². The quantitative estimate of drug-likeness (QED) is 0.841. The standard InChI is InChI=1S/C16H22N2O2/c1-12(2)20-15-9-13(10-18-11-15)16(17-3)7-6-14-5-4-8-19-14/h4-5,8-12,16-17H,6-7H2,1-3H3. The van der Waals surface area contributed by atoms with E-state index in [9.17, 15) is 0 Å². The average Bonchev–Trinajstić information content (AvgIpc) is 2.92. The molecule has 2 rings (SSSR count). The molecule has 0 aliphatic carbocycles. The van der Waals surface area contributed by atoms with Crippen molar-refractivity contribution >= 4 is 0 Å². The van der Waals surface area contributed by atoms with Gasteiger partial charge in [-0.3, -0.25) is 4.98 Å². The minimum atomic E-state index is 0.156. The normalized spacial score (nSPS) is 12.6. The van der Waals surface area contributed by atoms with Crippen LogP contribution in [0, 0.1) is 0 Å². The molecule has 20 heavy (non-hydrogen) atoms. The fourth-order valence-electron chi connectivity index (χ4n) is 2.18. The van der Waals surface area contributed by atoms with Crippen LogP contribution >= 0.6 is 0 Å². The van der Waals surface area contributed by atoms with Gasteiger partial charge in [0.05, 0.1) is 18.6 Å². The summed E-state index contributed by atoms with van der Waals surface area (Å²) in [5.74, 6) is 1.82. The molecule has 0 saturated heterocycles. The molecule has 1 unspecified atom stereocenters. The van der Waals surface area contributed by atoms with Gasteiger partial charge >= 0.3 is 0 Å². The van der Waals surface area contributed by atoms with Gasteiger partial charge in [-0.2, -0.15) is 0 Å². The Morgan fingerprint density at radius 3 is 2.85 bits per heavy atom. The molecule has 0 saturated carbocycles. The number of ether oxygens (including phenoxy) is 1. The van der Waals surface area contributed by atoms with Crippen LogP contribution in [0.2, 0.25) is 0 Å². The Hall–Kier alpha value is -1.81. The van der Waals surface area contributed by atoms with Gasteiger partial charge in [-0.25, -0.2) is 0 Å². The molecule has 0 aliphatic rings. The maximum absolute atomic E-state index is 5.69. The van der Waals surface area contributed by atoms with Gasteiger partial charge < -0.3 is 14.5 Å². The van der Waals surface area contributed by atoms with Gasteiger partial charge in [0.2, 0.25) is 0 Å². The number of aryl methyl sites for hydroxylation is 1. The van der Waals surface area contributed by atoms with Crippen LogP contribution in [0.4, 0.5) is 0 Å². The fraction of sp³-hybridized carbons (Fsp3) is 0.438. The summed E-state index contributed by atoms with van der Waals surface area (Å²) in [6, 6.07) is 6.21. The fourth-order valence-corrected chi connectivity index (χ4v) is 2.18. The molecule has 1 N–H and O–H groups in total. The Labute approximate surface area is 120 Å². The largest absolute Gasteiger partial charge is 0.489 e. The first-order valence-electron chi connectivity index (χ1n) is 7.00. The molecule has 0 bridgehead atoms. The number of aromatic nitrogens is 1. The lowest BCUT2D eigenvalue weighted by Gasteiger charge is -2.17. The van der Waals surface area contributed by atoms with Crippen LogP contribution in [0.1, 0.15) is 37.6 Å². The molecule has 0 radical (unpaired) electrons. The first-order chi connectivity index (χ1) is 9.69. The third-order valence-corrected chi connectivity index (χ3v) is 3.12. The van der Waals surface area contributed by atoms with E-state index < -0.39 is 0 Å². The zero-order valence-electron chi connectivity index (χ0n) is 12.3. The van der Waals surface area contributed by atoms with Crippen molar-refractivity contribution in [3.63, 3.8) is 0 Å². The highest BCUT2D eigenvalue weighted by atomic mass is 16.5. The van der Waals surface area contributed by atoms with Crippen molar-refractivity contribution in [2.24, 2.45) is 0 Å². The summed E-state index contributed by atoms with van der Waals surface area (Å²) in [4.78, 5) is 4.26. The Balaban J connectivity index is 2.02. The van der Waals surface area contributed by atoms with Crippen LogP contribution < -0.4 is 10.1 Å². The number of nitrogens with one attached hydrogen (secondary N) is 1. The van der Waals surface area contributed by atoms with Crippen molar-refractivity contribution in [1.82, 2.24) is 10.3 Å². The molecule has 2 heterocycles.